The molecule has 0 aromatic carbocycles. The lowest BCUT2D eigenvalue weighted by atomic mass is 10.1. The van der Waals surface area contributed by atoms with Gasteiger partial charge in [0, 0.05) is 0 Å². The number of ether oxygens (including phenoxy) is 1. The Kier molecular flexibility index (Phi) is 3.19. The normalized spacial score (nSPS) is 30.0. The number of fused-ring (bicyclic) bond motifs is 1. The van der Waals surface area contributed by atoms with Crippen molar-refractivity contribution in [3.05, 3.63) is 6.33 Å². The van der Waals surface area contributed by atoms with Crippen molar-refractivity contribution < 1.29 is 20.1 Å². The van der Waals surface area contributed by atoms with Gasteiger partial charge in [-0.05, 0) is 5.21 Å². The maximum Gasteiger partial charge on any atom is 0.194 e. The monoisotopic (exact) mass is 283 g/mol. The second kappa shape index (κ2) is 4.88. The number of hydrazine groups is 1. The molecule has 1 aliphatic heterocycles. The van der Waals surface area contributed by atoms with Crippen LogP contribution in [0.3, 0.4) is 0 Å². The molecule has 0 amide bonds. The fourth-order valence-electron chi connectivity index (χ4n) is 2.17. The highest BCUT2D eigenvalue weighted by Gasteiger charge is 2.44. The molecule has 11 heteroatoms. The average molecular weight is 283 g/mol. The summed E-state index contributed by atoms with van der Waals surface area (Å²) in [6, 6.07) is 0. The van der Waals surface area contributed by atoms with Gasteiger partial charge < -0.3 is 25.5 Å². The number of anilines is 1. The number of nitrogens with zero attached hydrogens (tertiary/aromatic N) is 5. The molecule has 1 aliphatic rings. The first-order chi connectivity index (χ1) is 9.67. The first-order valence-electron chi connectivity index (χ1n) is 5.82. The number of nitrogens with one attached hydrogen (secondary N) is 1. The van der Waals surface area contributed by atoms with Gasteiger partial charge in [-0.1, -0.05) is 0 Å². The molecule has 2 aromatic rings. The zero-order chi connectivity index (χ0) is 14.3. The van der Waals surface area contributed by atoms with Crippen LogP contribution >= 0.6 is 0 Å². The van der Waals surface area contributed by atoms with Crippen molar-refractivity contribution in [2.45, 2.75) is 24.5 Å². The van der Waals surface area contributed by atoms with Crippen LogP contribution in [0.15, 0.2) is 6.33 Å². The Balaban J connectivity index is 2.03. The van der Waals surface area contributed by atoms with E-state index < -0.39 is 31.1 Å². The molecule has 0 bridgehead atoms. The van der Waals surface area contributed by atoms with Gasteiger partial charge in [-0.15, -0.1) is 10.2 Å². The number of rotatable bonds is 3. The highest BCUT2D eigenvalue weighted by molar-refractivity contribution is 5.81. The molecule has 11 nitrogen and oxygen atoms in total. The molecule has 0 radical (unpaired) electrons. The fraction of sp³-hybridized carbons (Fsp3) is 0.556. The molecule has 0 spiro atoms. The fourth-order valence-corrected chi connectivity index (χ4v) is 2.17. The molecule has 6 N–H and O–H groups in total. The van der Waals surface area contributed by atoms with Crippen LogP contribution in [-0.4, -0.2) is 65.2 Å². The van der Waals surface area contributed by atoms with E-state index in [1.54, 1.807) is 0 Å². The SMILES string of the molecule is NNc1nnnc2c1ncn2[C@@H]1O[C@H](CO)[C@@H](O)[C@H]1O. The van der Waals surface area contributed by atoms with E-state index in [2.05, 4.69) is 25.8 Å². The highest BCUT2D eigenvalue weighted by Crippen LogP contribution is 2.31. The van der Waals surface area contributed by atoms with E-state index in [1.807, 2.05) is 0 Å². The molecule has 1 saturated heterocycles. The maximum absolute atomic E-state index is 9.98. The van der Waals surface area contributed by atoms with Gasteiger partial charge in [-0.25, -0.2) is 10.8 Å². The summed E-state index contributed by atoms with van der Waals surface area (Å²) in [4.78, 5) is 4.06. The van der Waals surface area contributed by atoms with E-state index in [1.165, 1.54) is 10.9 Å². The number of aromatic nitrogens is 5. The van der Waals surface area contributed by atoms with Crippen molar-refractivity contribution in [1.82, 2.24) is 25.0 Å². The summed E-state index contributed by atoms with van der Waals surface area (Å²) in [7, 11) is 0. The number of nitrogen functional groups attached to an aromatic ring is 1. The van der Waals surface area contributed by atoms with Gasteiger partial charge in [0.1, 0.15) is 18.3 Å². The second-order valence-electron chi connectivity index (χ2n) is 4.34. The first kappa shape index (κ1) is 13.1. The molecule has 108 valence electrons. The molecular formula is C9H13N7O4. The Morgan fingerprint density at radius 3 is 2.80 bits per heavy atom. The van der Waals surface area contributed by atoms with Crippen molar-refractivity contribution >= 4 is 17.0 Å². The third kappa shape index (κ3) is 1.80. The zero-order valence-electron chi connectivity index (χ0n) is 10.2. The molecule has 3 heterocycles. The topological polar surface area (TPSA) is 164 Å². The standard InChI is InChI=1S/C9H13N7O4/c10-12-7-4-8(14-15-13-7)16(2-11-4)9-6(19)5(18)3(1-17)20-9/h2-3,5-6,9,17-19H,1,10H2,(H,12,13,14)/t3-,5-,6-,9-/m1/s1. The predicted octanol–water partition coefficient (Wildman–Crippen LogP) is -2.88. The van der Waals surface area contributed by atoms with Crippen molar-refractivity contribution in [2.24, 2.45) is 5.84 Å². The predicted molar refractivity (Wildman–Crippen MR) is 63.9 cm³/mol. The summed E-state index contributed by atoms with van der Waals surface area (Å²) in [5.74, 6) is 5.51. The Morgan fingerprint density at radius 1 is 1.35 bits per heavy atom. The van der Waals surface area contributed by atoms with Gasteiger partial charge in [-0.2, -0.15) is 0 Å². The Hall–Kier alpha value is -1.92. The minimum atomic E-state index is -1.23. The molecule has 4 atom stereocenters. The number of aliphatic hydroxyl groups excluding tert-OH is 3. The minimum Gasteiger partial charge on any atom is -0.394 e. The smallest absolute Gasteiger partial charge is 0.194 e. The summed E-state index contributed by atoms with van der Waals surface area (Å²) < 4.78 is 6.79. The second-order valence-corrected chi connectivity index (χ2v) is 4.34. The van der Waals surface area contributed by atoms with Crippen LogP contribution in [-0.2, 0) is 4.74 Å². The van der Waals surface area contributed by atoms with Crippen molar-refractivity contribution in [2.75, 3.05) is 12.0 Å². The van der Waals surface area contributed by atoms with Gasteiger partial charge in [-0.3, -0.25) is 4.57 Å². The van der Waals surface area contributed by atoms with E-state index in [-0.39, 0.29) is 11.5 Å². The summed E-state index contributed by atoms with van der Waals surface area (Å²) in [6.45, 7) is -0.413. The van der Waals surface area contributed by atoms with Crippen LogP contribution in [0.5, 0.6) is 0 Å². The molecule has 2 aromatic heterocycles. The third-order valence-electron chi connectivity index (χ3n) is 3.20. The van der Waals surface area contributed by atoms with Gasteiger partial charge in [0.2, 0.25) is 0 Å². The van der Waals surface area contributed by atoms with Crippen LogP contribution in [0.4, 0.5) is 5.82 Å². The number of imidazole rings is 1. The molecule has 20 heavy (non-hydrogen) atoms. The van der Waals surface area contributed by atoms with Gasteiger partial charge in [0.05, 0.1) is 12.9 Å². The summed E-state index contributed by atoms with van der Waals surface area (Å²) in [5, 5.41) is 39.8. The largest absolute Gasteiger partial charge is 0.394 e. The van der Waals surface area contributed by atoms with Crippen molar-refractivity contribution in [3.8, 4) is 0 Å². The summed E-state index contributed by atoms with van der Waals surface area (Å²) in [6.07, 6.45) is -2.88. The number of hydrogen-bond donors (Lipinski definition) is 5. The average Bonchev–Trinajstić information content (AvgIpc) is 3.01. The Labute approximate surface area is 112 Å². The van der Waals surface area contributed by atoms with Crippen LogP contribution in [0.1, 0.15) is 6.23 Å². The summed E-state index contributed by atoms with van der Waals surface area (Å²) >= 11 is 0. The first-order valence-corrected chi connectivity index (χ1v) is 5.82. The van der Waals surface area contributed by atoms with Crippen molar-refractivity contribution in [3.63, 3.8) is 0 Å². The van der Waals surface area contributed by atoms with E-state index in [0.29, 0.717) is 5.52 Å². The quantitative estimate of drug-likeness (QED) is 0.292. The zero-order valence-corrected chi connectivity index (χ0v) is 10.2. The van der Waals surface area contributed by atoms with Crippen LogP contribution < -0.4 is 11.3 Å². The maximum atomic E-state index is 9.98. The summed E-state index contributed by atoms with van der Waals surface area (Å²) in [5.41, 5.74) is 2.96. The Morgan fingerprint density at radius 2 is 2.15 bits per heavy atom. The third-order valence-corrected chi connectivity index (χ3v) is 3.20. The minimum absolute atomic E-state index is 0.223. The molecular weight excluding hydrogens is 270 g/mol. The highest BCUT2D eigenvalue weighted by atomic mass is 16.6. The van der Waals surface area contributed by atoms with E-state index in [0.717, 1.165) is 0 Å². The van der Waals surface area contributed by atoms with Gasteiger partial charge in [0.25, 0.3) is 0 Å². The molecule has 0 unspecified atom stereocenters. The van der Waals surface area contributed by atoms with Gasteiger partial charge >= 0.3 is 0 Å². The lowest BCUT2D eigenvalue weighted by Crippen LogP contribution is -2.33. The van der Waals surface area contributed by atoms with Crippen LogP contribution in [0.2, 0.25) is 0 Å². The van der Waals surface area contributed by atoms with Crippen LogP contribution in [0, 0.1) is 0 Å². The van der Waals surface area contributed by atoms with E-state index >= 15 is 0 Å². The van der Waals surface area contributed by atoms with Gasteiger partial charge in [0.15, 0.2) is 23.2 Å². The Bertz CT molecular complexity index is 619. The molecule has 3 rings (SSSR count). The lowest BCUT2D eigenvalue weighted by molar-refractivity contribution is -0.0511. The number of aliphatic hydroxyl groups is 3. The van der Waals surface area contributed by atoms with Crippen LogP contribution in [0.25, 0.3) is 11.2 Å². The lowest BCUT2D eigenvalue weighted by Gasteiger charge is -2.16. The van der Waals surface area contributed by atoms with Crippen molar-refractivity contribution in [1.29, 1.82) is 0 Å². The molecule has 1 fully saturated rings. The molecule has 0 aliphatic carbocycles. The van der Waals surface area contributed by atoms with E-state index in [4.69, 9.17) is 15.7 Å². The number of hydrogen-bond acceptors (Lipinski definition) is 10. The number of nitrogens with two attached hydrogens (primary N) is 1. The molecule has 0 saturated carbocycles. The van der Waals surface area contributed by atoms with E-state index in [9.17, 15) is 10.2 Å².